The van der Waals surface area contributed by atoms with Gasteiger partial charge in [0.2, 0.25) is 17.9 Å². The summed E-state index contributed by atoms with van der Waals surface area (Å²) in [4.78, 5) is 30.5. The summed E-state index contributed by atoms with van der Waals surface area (Å²) in [5.41, 5.74) is 12.6. The third-order valence-corrected chi connectivity index (χ3v) is 8.92. The highest BCUT2D eigenvalue weighted by molar-refractivity contribution is 7.60. The number of aromatic nitrogens is 4. The molecule has 5 heterocycles. The Labute approximate surface area is 197 Å². The highest BCUT2D eigenvalue weighted by Crippen LogP contribution is 2.58. The molecule has 9 atom stereocenters. The van der Waals surface area contributed by atoms with E-state index in [2.05, 4.69) is 18.8 Å². The molecule has 1 saturated heterocycles. The molecule has 0 radical (unpaired) electrons. The Balaban J connectivity index is 1.58. The number of nitrogens with two attached hydrogens (primary N) is 2. The van der Waals surface area contributed by atoms with Gasteiger partial charge in [0.25, 0.3) is 13.6 Å². The molecule has 19 heteroatoms. The van der Waals surface area contributed by atoms with Crippen molar-refractivity contribution in [1.82, 2.24) is 14.5 Å². The minimum atomic E-state index is -5.30. The second-order valence-electron chi connectivity index (χ2n) is 8.66. The van der Waals surface area contributed by atoms with Crippen LogP contribution in [0.2, 0.25) is 0 Å². The van der Waals surface area contributed by atoms with Crippen LogP contribution in [0.5, 0.6) is 0 Å². The van der Waals surface area contributed by atoms with E-state index in [9.17, 15) is 34.2 Å². The van der Waals surface area contributed by atoms with Crippen LogP contribution in [0.25, 0.3) is 11.2 Å². The Morgan fingerprint density at radius 2 is 1.89 bits per heavy atom. The average Bonchev–Trinajstić information content (AvgIpc) is 3.39. The smallest absolute Gasteiger partial charge is 0.478 e. The normalized spacial score (nSPS) is 42.5. The van der Waals surface area contributed by atoms with Gasteiger partial charge in [-0.15, -0.1) is 0 Å². The Hall–Kier alpha value is -1.75. The van der Waals surface area contributed by atoms with E-state index in [1.807, 2.05) is 0 Å². The first kappa shape index (κ1) is 24.9. The summed E-state index contributed by atoms with van der Waals surface area (Å²) in [6.07, 6.45) is -5.22. The van der Waals surface area contributed by atoms with Crippen molar-refractivity contribution >= 4 is 38.6 Å². The van der Waals surface area contributed by atoms with Crippen molar-refractivity contribution in [2.45, 2.75) is 49.5 Å². The number of aliphatic hydroxyl groups is 3. The van der Waals surface area contributed by atoms with Gasteiger partial charge in [-0.1, -0.05) is 4.98 Å². The lowest BCUT2D eigenvalue weighted by molar-refractivity contribution is -0.716. The van der Waals surface area contributed by atoms with E-state index in [1.54, 1.807) is 0 Å². The zero-order valence-electron chi connectivity index (χ0n) is 17.9. The van der Waals surface area contributed by atoms with E-state index in [-0.39, 0.29) is 35.8 Å². The number of hydrogen-bond acceptors (Lipinski definition) is 14. The molecule has 6 rings (SSSR count). The van der Waals surface area contributed by atoms with E-state index in [4.69, 9.17) is 20.7 Å². The molecule has 17 nitrogen and oxygen atoms in total. The first-order chi connectivity index (χ1) is 16.4. The predicted molar refractivity (Wildman–Crippen MR) is 111 cm³/mol. The van der Waals surface area contributed by atoms with Gasteiger partial charge in [0.15, 0.2) is 11.7 Å². The summed E-state index contributed by atoms with van der Waals surface area (Å²) in [5.74, 6) is -0.535. The quantitative estimate of drug-likeness (QED) is 0.149. The van der Waals surface area contributed by atoms with Gasteiger partial charge in [0.05, 0.1) is 19.3 Å². The molecular formula is C16H24N6O11P2. The third-order valence-electron chi connectivity index (χ3n) is 6.35. The first-order valence-electron chi connectivity index (χ1n) is 10.5. The van der Waals surface area contributed by atoms with Crippen LogP contribution in [0.15, 0.2) is 6.33 Å². The topological polar surface area (TPSA) is 262 Å². The zero-order chi connectivity index (χ0) is 25.3. The van der Waals surface area contributed by atoms with Crippen molar-refractivity contribution in [1.29, 1.82) is 0 Å². The number of nitrogen functional groups attached to an aromatic ring is 2. The maximum absolute atomic E-state index is 12.2. The van der Waals surface area contributed by atoms with Crippen LogP contribution in [-0.2, 0) is 27.2 Å². The third kappa shape index (κ3) is 4.47. The van der Waals surface area contributed by atoms with Gasteiger partial charge in [-0.3, -0.25) is 13.7 Å². The molecule has 2 aromatic heterocycles. The molecule has 0 amide bonds. The molecule has 4 aliphatic rings. The molecule has 3 aliphatic heterocycles. The van der Waals surface area contributed by atoms with Crippen molar-refractivity contribution in [2.75, 3.05) is 24.7 Å². The number of phosphoric acid groups is 2. The van der Waals surface area contributed by atoms with Gasteiger partial charge >= 0.3 is 7.82 Å². The largest absolute Gasteiger partial charge is 0.756 e. The van der Waals surface area contributed by atoms with Crippen molar-refractivity contribution in [3.8, 4) is 0 Å². The van der Waals surface area contributed by atoms with E-state index in [1.165, 1.54) is 15.5 Å². The molecule has 0 aromatic carbocycles. The fourth-order valence-electron chi connectivity index (χ4n) is 4.70. The van der Waals surface area contributed by atoms with Gasteiger partial charge in [0.1, 0.15) is 24.4 Å². The minimum Gasteiger partial charge on any atom is -0.756 e. The fourth-order valence-corrected chi connectivity index (χ4v) is 6.82. The number of nitrogens with zero attached hydrogens (tertiary/aromatic N) is 4. The zero-order valence-corrected chi connectivity index (χ0v) is 19.7. The molecule has 8 bridgehead atoms. The van der Waals surface area contributed by atoms with Crippen LogP contribution in [0.1, 0.15) is 25.1 Å². The minimum absolute atomic E-state index is 0.0964. The number of anilines is 2. The van der Waals surface area contributed by atoms with Gasteiger partial charge in [0, 0.05) is 0 Å². The first-order valence-corrected chi connectivity index (χ1v) is 13.5. The maximum Gasteiger partial charge on any atom is 0.478 e. The predicted octanol–water partition coefficient (Wildman–Crippen LogP) is -2.55. The number of rotatable bonds is 0. The van der Waals surface area contributed by atoms with Crippen LogP contribution in [0.4, 0.5) is 11.8 Å². The number of fused-ring (bicyclic) bond motifs is 7. The maximum atomic E-state index is 12.2. The lowest BCUT2D eigenvalue weighted by atomic mass is 10.1. The second kappa shape index (κ2) is 8.68. The lowest BCUT2D eigenvalue weighted by Gasteiger charge is -2.26. The van der Waals surface area contributed by atoms with Crippen LogP contribution in [-0.4, -0.2) is 72.4 Å². The summed E-state index contributed by atoms with van der Waals surface area (Å²) >= 11 is 0. The molecule has 2 aromatic rings. The summed E-state index contributed by atoms with van der Waals surface area (Å²) in [5, 5.41) is 31.5. The van der Waals surface area contributed by atoms with Crippen LogP contribution in [0, 0.1) is 5.92 Å². The standard InChI is InChI=1S/C16H24N6O11P2/c17-13-10-14-19-5-21(13)7-1-6(2-8(7)23)3-30-34(26,27)33-35(28,29)31-4-9-11(24)12(25)15(32-9)22(14)16(18)20-10/h5-9,11-12,15,17,23-25H,1-4H2,(H4,18,20,26,27,28,29)/t6-,7+,8+,9+,11+,12+,15+/m0/s1. The number of hydrogen-bond donors (Lipinski definition) is 6. The number of aliphatic hydroxyl groups excluding tert-OH is 3. The highest BCUT2D eigenvalue weighted by atomic mass is 31.3. The highest BCUT2D eigenvalue weighted by Gasteiger charge is 2.47. The average molecular weight is 538 g/mol. The van der Waals surface area contributed by atoms with E-state index in [0.29, 0.717) is 0 Å². The molecule has 2 unspecified atom stereocenters. The molecule has 8 N–H and O–H groups in total. The van der Waals surface area contributed by atoms with Crippen molar-refractivity contribution in [2.24, 2.45) is 5.92 Å². The van der Waals surface area contributed by atoms with Crippen molar-refractivity contribution in [3.05, 3.63) is 6.33 Å². The van der Waals surface area contributed by atoms with Gasteiger partial charge < -0.3 is 45.8 Å². The molecule has 2 fully saturated rings. The van der Waals surface area contributed by atoms with Gasteiger partial charge in [-0.05, 0) is 18.8 Å². The van der Waals surface area contributed by atoms with E-state index < -0.39 is 71.5 Å². The summed E-state index contributed by atoms with van der Waals surface area (Å²) < 4.78 is 46.2. The summed E-state index contributed by atoms with van der Waals surface area (Å²) in [6, 6.07) is -0.621. The lowest BCUT2D eigenvalue weighted by Crippen LogP contribution is -2.46. The summed E-state index contributed by atoms with van der Waals surface area (Å²) in [7, 11) is -10.5. The van der Waals surface area contributed by atoms with E-state index >= 15 is 0 Å². The summed E-state index contributed by atoms with van der Waals surface area (Å²) in [6.45, 7) is -1.27. The molecular weight excluding hydrogens is 514 g/mol. The van der Waals surface area contributed by atoms with Crippen molar-refractivity contribution < 1.29 is 56.9 Å². The molecule has 194 valence electrons. The monoisotopic (exact) mass is 538 g/mol. The van der Waals surface area contributed by atoms with Crippen LogP contribution >= 0.6 is 15.6 Å². The number of imidazole rings is 1. The van der Waals surface area contributed by atoms with Crippen molar-refractivity contribution in [3.63, 3.8) is 0 Å². The molecule has 1 aliphatic carbocycles. The Morgan fingerprint density at radius 1 is 1.14 bits per heavy atom. The fraction of sp³-hybridized carbons (Fsp3) is 0.688. The second-order valence-corrected chi connectivity index (χ2v) is 11.7. The molecule has 35 heavy (non-hydrogen) atoms. The molecule has 0 spiro atoms. The Morgan fingerprint density at radius 3 is 2.63 bits per heavy atom. The number of phosphoric ester groups is 2. The SMILES string of the molecule is Nc1nc2c(N)[n+]3cnc2n1[C@@H]1O[C@H](COP(=O)(O)OP(=O)([O-])OC[C@@H]2C[C@@H](O)[C@H]3C2)[C@@H](O)[C@H]1O. The van der Waals surface area contributed by atoms with Gasteiger partial charge in [-0.25, -0.2) is 18.4 Å². The van der Waals surface area contributed by atoms with Crippen LogP contribution in [0.3, 0.4) is 0 Å². The Kier molecular flexibility index (Phi) is 6.18. The Bertz CT molecular complexity index is 1240. The van der Waals surface area contributed by atoms with E-state index in [0.717, 1.165) is 0 Å². The van der Waals surface area contributed by atoms with Crippen LogP contribution < -0.4 is 20.9 Å². The molecule has 1 saturated carbocycles. The van der Waals surface area contributed by atoms with Gasteiger partial charge in [-0.2, -0.15) is 0 Å². The number of ether oxygens (including phenoxy) is 1.